The van der Waals surface area contributed by atoms with Gasteiger partial charge in [0.25, 0.3) is 0 Å². The largest absolute Gasteiger partial charge is 0.356 e. The van der Waals surface area contributed by atoms with E-state index in [1.807, 2.05) is 6.92 Å². The molecule has 0 unspecified atom stereocenters. The maximum absolute atomic E-state index is 12.8. The van der Waals surface area contributed by atoms with Gasteiger partial charge in [0.2, 0.25) is 11.8 Å². The van der Waals surface area contributed by atoms with Crippen molar-refractivity contribution in [2.45, 2.75) is 53.0 Å². The van der Waals surface area contributed by atoms with E-state index in [2.05, 4.69) is 44.2 Å². The number of aryl methyl sites for hydroxylation is 3. The average Bonchev–Trinajstić information content (AvgIpc) is 3.29. The van der Waals surface area contributed by atoms with Gasteiger partial charge in [0.15, 0.2) is 5.82 Å². The number of aromatic nitrogens is 4. The molecule has 1 amide bonds. The number of rotatable bonds is 5. The Morgan fingerprint density at radius 1 is 1.31 bits per heavy atom. The van der Waals surface area contributed by atoms with E-state index in [-0.39, 0.29) is 17.9 Å². The van der Waals surface area contributed by atoms with Gasteiger partial charge in [-0.3, -0.25) is 4.79 Å². The molecule has 29 heavy (non-hydrogen) atoms. The molecule has 1 saturated heterocycles. The fraction of sp³-hybridized carbons (Fsp3) is 0.550. The van der Waals surface area contributed by atoms with Crippen molar-refractivity contribution in [1.82, 2.24) is 25.4 Å². The molecule has 0 radical (unpaired) electrons. The molecule has 4 heterocycles. The minimum absolute atomic E-state index is 0.0177. The van der Waals surface area contributed by atoms with E-state index in [9.17, 15) is 4.79 Å². The summed E-state index contributed by atoms with van der Waals surface area (Å²) in [6, 6.07) is -0.212. The van der Waals surface area contributed by atoms with E-state index >= 15 is 0 Å². The smallest absolute Gasteiger partial charge is 0.223 e. The van der Waals surface area contributed by atoms with Crippen LogP contribution in [0.25, 0.3) is 10.2 Å². The van der Waals surface area contributed by atoms with Crippen molar-refractivity contribution in [3.05, 3.63) is 28.5 Å². The summed E-state index contributed by atoms with van der Waals surface area (Å²) in [5.74, 6) is 2.09. The summed E-state index contributed by atoms with van der Waals surface area (Å²) in [6.07, 6.45) is 3.95. The first-order valence-electron chi connectivity index (χ1n) is 10.0. The molecule has 8 nitrogen and oxygen atoms in total. The normalized spacial score (nSPS) is 16.3. The Morgan fingerprint density at radius 2 is 2.07 bits per heavy atom. The lowest BCUT2D eigenvalue weighted by Gasteiger charge is -2.33. The predicted molar refractivity (Wildman–Crippen MR) is 112 cm³/mol. The molecule has 1 aliphatic rings. The number of carbonyl (C=O) groups excluding carboxylic acids is 1. The minimum Gasteiger partial charge on any atom is -0.356 e. The van der Waals surface area contributed by atoms with Crippen molar-refractivity contribution in [2.24, 2.45) is 5.92 Å². The molecule has 0 bridgehead atoms. The van der Waals surface area contributed by atoms with E-state index in [1.165, 1.54) is 10.4 Å². The van der Waals surface area contributed by atoms with Gasteiger partial charge in [0.05, 0.1) is 11.4 Å². The average molecular weight is 415 g/mol. The topological polar surface area (TPSA) is 97.0 Å². The number of hydrogen-bond acceptors (Lipinski definition) is 8. The van der Waals surface area contributed by atoms with Crippen LogP contribution in [0, 0.1) is 26.7 Å². The van der Waals surface area contributed by atoms with Crippen molar-refractivity contribution in [3.63, 3.8) is 0 Å². The molecule has 0 saturated carbocycles. The van der Waals surface area contributed by atoms with E-state index < -0.39 is 0 Å². The van der Waals surface area contributed by atoms with Crippen LogP contribution in [0.2, 0.25) is 0 Å². The van der Waals surface area contributed by atoms with Gasteiger partial charge in [-0.15, -0.1) is 11.3 Å². The number of anilines is 1. The second-order valence-electron chi connectivity index (χ2n) is 7.56. The molecule has 4 rings (SSSR count). The molecule has 1 aliphatic heterocycles. The van der Waals surface area contributed by atoms with E-state index in [4.69, 9.17) is 4.52 Å². The van der Waals surface area contributed by atoms with Crippen LogP contribution in [0.1, 0.15) is 54.4 Å². The van der Waals surface area contributed by atoms with E-state index in [0.717, 1.165) is 48.4 Å². The number of thiophene rings is 1. The highest BCUT2D eigenvalue weighted by Crippen LogP contribution is 2.35. The van der Waals surface area contributed by atoms with Crippen LogP contribution in [0.4, 0.5) is 5.82 Å². The van der Waals surface area contributed by atoms with Gasteiger partial charge in [-0.1, -0.05) is 12.1 Å². The van der Waals surface area contributed by atoms with Gasteiger partial charge in [-0.2, -0.15) is 4.98 Å². The summed E-state index contributed by atoms with van der Waals surface area (Å²) in [5.41, 5.74) is 1.25. The Hall–Kier alpha value is -2.55. The Bertz CT molecular complexity index is 1020. The monoisotopic (exact) mass is 414 g/mol. The van der Waals surface area contributed by atoms with Crippen molar-refractivity contribution in [2.75, 3.05) is 18.0 Å². The quantitative estimate of drug-likeness (QED) is 0.682. The van der Waals surface area contributed by atoms with Crippen LogP contribution in [-0.2, 0) is 4.79 Å². The molecule has 0 spiro atoms. The summed E-state index contributed by atoms with van der Waals surface area (Å²) in [5, 5.41) is 8.20. The van der Waals surface area contributed by atoms with Crippen LogP contribution in [-0.4, -0.2) is 39.1 Å². The Labute approximate surface area is 173 Å². The molecule has 1 atom stereocenters. The molecule has 0 aromatic carbocycles. The van der Waals surface area contributed by atoms with Crippen molar-refractivity contribution >= 4 is 33.3 Å². The lowest BCUT2D eigenvalue weighted by Crippen LogP contribution is -2.42. The minimum atomic E-state index is -0.212. The lowest BCUT2D eigenvalue weighted by atomic mass is 9.95. The number of fused-ring (bicyclic) bond motifs is 1. The lowest BCUT2D eigenvalue weighted by molar-refractivity contribution is -0.126. The van der Waals surface area contributed by atoms with Gasteiger partial charge in [0.1, 0.15) is 17.0 Å². The fourth-order valence-corrected chi connectivity index (χ4v) is 4.84. The molecule has 1 fully saturated rings. The maximum Gasteiger partial charge on any atom is 0.223 e. The molecular weight excluding hydrogens is 388 g/mol. The van der Waals surface area contributed by atoms with Gasteiger partial charge in [-0.25, -0.2) is 9.97 Å². The molecule has 9 heteroatoms. The highest BCUT2D eigenvalue weighted by molar-refractivity contribution is 7.18. The Kier molecular flexibility index (Phi) is 5.49. The predicted octanol–water partition coefficient (Wildman–Crippen LogP) is 3.48. The summed E-state index contributed by atoms with van der Waals surface area (Å²) in [4.78, 5) is 30.7. The molecule has 3 aromatic rings. The standard InChI is InChI=1S/C20H26N6O2S/c1-5-15(17-23-13(4)28-25-17)24-19(27)14-6-8-26(9-7-14)18-16-11(2)12(3)29-20(16)22-10-21-18/h10,14-15H,5-9H2,1-4H3,(H,24,27)/t15-/m1/s1. The fourth-order valence-electron chi connectivity index (χ4n) is 3.85. The van der Waals surface area contributed by atoms with Gasteiger partial charge >= 0.3 is 0 Å². The van der Waals surface area contributed by atoms with Crippen LogP contribution < -0.4 is 10.2 Å². The Balaban J connectivity index is 1.42. The zero-order chi connectivity index (χ0) is 20.5. The Morgan fingerprint density at radius 3 is 2.72 bits per heavy atom. The van der Waals surface area contributed by atoms with E-state index in [0.29, 0.717) is 11.7 Å². The van der Waals surface area contributed by atoms with Crippen LogP contribution in [0.3, 0.4) is 0 Å². The molecule has 0 aliphatic carbocycles. The van der Waals surface area contributed by atoms with E-state index in [1.54, 1.807) is 24.6 Å². The molecule has 1 N–H and O–H groups in total. The van der Waals surface area contributed by atoms with Crippen LogP contribution >= 0.6 is 11.3 Å². The number of amides is 1. The maximum atomic E-state index is 12.8. The van der Waals surface area contributed by atoms with Gasteiger partial charge < -0.3 is 14.7 Å². The SMILES string of the molecule is CC[C@@H](NC(=O)C1CCN(c2ncnc3sc(C)c(C)c23)CC1)c1noc(C)n1. The number of carbonyl (C=O) groups is 1. The number of nitrogens with zero attached hydrogens (tertiary/aromatic N) is 5. The summed E-state index contributed by atoms with van der Waals surface area (Å²) in [7, 11) is 0. The highest BCUT2D eigenvalue weighted by atomic mass is 32.1. The van der Waals surface area contributed by atoms with Gasteiger partial charge in [-0.05, 0) is 38.7 Å². The number of hydrogen-bond donors (Lipinski definition) is 1. The third kappa shape index (κ3) is 3.83. The third-order valence-electron chi connectivity index (χ3n) is 5.69. The van der Waals surface area contributed by atoms with Crippen LogP contribution in [0.15, 0.2) is 10.9 Å². The third-order valence-corrected chi connectivity index (χ3v) is 6.81. The summed E-state index contributed by atoms with van der Waals surface area (Å²) >= 11 is 1.71. The summed E-state index contributed by atoms with van der Waals surface area (Å²) < 4.78 is 5.05. The first-order valence-corrected chi connectivity index (χ1v) is 10.9. The summed E-state index contributed by atoms with van der Waals surface area (Å²) in [6.45, 7) is 9.61. The zero-order valence-corrected chi connectivity index (χ0v) is 18.0. The molecule has 3 aromatic heterocycles. The number of piperidine rings is 1. The zero-order valence-electron chi connectivity index (χ0n) is 17.2. The molecule has 154 valence electrons. The van der Waals surface area contributed by atoms with Crippen molar-refractivity contribution in [3.8, 4) is 0 Å². The van der Waals surface area contributed by atoms with Crippen LogP contribution in [0.5, 0.6) is 0 Å². The highest BCUT2D eigenvalue weighted by Gasteiger charge is 2.29. The van der Waals surface area contributed by atoms with Crippen molar-refractivity contribution < 1.29 is 9.32 Å². The van der Waals surface area contributed by atoms with Gasteiger partial charge in [0, 0.05) is 30.8 Å². The number of nitrogens with one attached hydrogen (secondary N) is 1. The second-order valence-corrected chi connectivity index (χ2v) is 8.77. The van der Waals surface area contributed by atoms with Crippen molar-refractivity contribution in [1.29, 1.82) is 0 Å². The second kappa shape index (κ2) is 8.06. The first-order chi connectivity index (χ1) is 14.0. The first kappa shape index (κ1) is 19.8. The molecular formula is C20H26N6O2S.